The van der Waals surface area contributed by atoms with Crippen molar-refractivity contribution < 1.29 is 4.79 Å². The first kappa shape index (κ1) is 20.7. The molecule has 3 aromatic rings. The average Bonchev–Trinajstić information content (AvgIpc) is 3.17. The molecule has 1 saturated heterocycles. The fraction of sp³-hybridized carbons (Fsp3) is 0.348. The Labute approximate surface area is 182 Å². The van der Waals surface area contributed by atoms with E-state index in [1.54, 1.807) is 23.2 Å². The van der Waals surface area contributed by atoms with E-state index in [-0.39, 0.29) is 11.8 Å². The van der Waals surface area contributed by atoms with Crippen LogP contribution in [0, 0.1) is 13.8 Å². The number of nitrogens with zero attached hydrogens (tertiary/aromatic N) is 6. The van der Waals surface area contributed by atoms with Gasteiger partial charge in [-0.15, -0.1) is 0 Å². The molecule has 4 heterocycles. The SMILES string of the molecule is Cc1cc(C)nc(Nc2ccc(C3CCCN(C(=O)/C=C/c4cnn(C)c4)C3)nc2)n1. The van der Waals surface area contributed by atoms with E-state index in [4.69, 9.17) is 0 Å². The van der Waals surface area contributed by atoms with Crippen LogP contribution in [0.3, 0.4) is 0 Å². The van der Waals surface area contributed by atoms with Gasteiger partial charge >= 0.3 is 0 Å². The van der Waals surface area contributed by atoms with Crippen LogP contribution in [0.1, 0.15) is 41.4 Å². The van der Waals surface area contributed by atoms with Gasteiger partial charge in [0.15, 0.2) is 0 Å². The highest BCUT2D eigenvalue weighted by Crippen LogP contribution is 2.27. The fourth-order valence-electron chi connectivity index (χ4n) is 3.85. The molecule has 1 atom stereocenters. The lowest BCUT2D eigenvalue weighted by molar-refractivity contribution is -0.127. The second-order valence-electron chi connectivity index (χ2n) is 7.98. The zero-order valence-corrected chi connectivity index (χ0v) is 18.1. The van der Waals surface area contributed by atoms with Crippen molar-refractivity contribution >= 4 is 23.6 Å². The number of hydrogen-bond acceptors (Lipinski definition) is 6. The molecule has 0 spiro atoms. The summed E-state index contributed by atoms with van der Waals surface area (Å²) in [5.74, 6) is 0.830. The molecular formula is C23H27N7O. The van der Waals surface area contributed by atoms with Crippen LogP contribution in [0.4, 0.5) is 11.6 Å². The zero-order valence-electron chi connectivity index (χ0n) is 18.1. The van der Waals surface area contributed by atoms with Crippen LogP contribution in [0.25, 0.3) is 6.08 Å². The Morgan fingerprint density at radius 1 is 1.19 bits per heavy atom. The lowest BCUT2D eigenvalue weighted by atomic mass is 9.94. The molecule has 1 fully saturated rings. The first-order chi connectivity index (χ1) is 15.0. The summed E-state index contributed by atoms with van der Waals surface area (Å²) in [6.07, 6.45) is 10.9. The third kappa shape index (κ3) is 5.33. The van der Waals surface area contributed by atoms with Crippen LogP contribution in [0.2, 0.25) is 0 Å². The Kier molecular flexibility index (Phi) is 6.06. The number of pyridine rings is 1. The molecular weight excluding hydrogens is 390 g/mol. The number of hydrogen-bond donors (Lipinski definition) is 1. The molecule has 1 amide bonds. The highest BCUT2D eigenvalue weighted by molar-refractivity contribution is 5.91. The molecule has 8 nitrogen and oxygen atoms in total. The van der Waals surface area contributed by atoms with Crippen LogP contribution in [0.15, 0.2) is 42.9 Å². The predicted molar refractivity (Wildman–Crippen MR) is 120 cm³/mol. The summed E-state index contributed by atoms with van der Waals surface area (Å²) in [5.41, 5.74) is 4.60. The first-order valence-corrected chi connectivity index (χ1v) is 10.5. The third-order valence-corrected chi connectivity index (χ3v) is 5.32. The van der Waals surface area contributed by atoms with Crippen LogP contribution in [-0.4, -0.2) is 48.6 Å². The lowest BCUT2D eigenvalue weighted by Crippen LogP contribution is -2.38. The van der Waals surface area contributed by atoms with Gasteiger partial charge in [0.25, 0.3) is 0 Å². The van der Waals surface area contributed by atoms with E-state index in [2.05, 4.69) is 25.4 Å². The molecule has 1 aliphatic rings. The van der Waals surface area contributed by atoms with E-state index in [1.165, 1.54) is 0 Å². The second-order valence-corrected chi connectivity index (χ2v) is 7.98. The standard InChI is InChI=1S/C23H27N7O/c1-16-11-17(2)27-23(26-16)28-20-7-8-21(24-13-20)19-5-4-10-30(15-19)22(31)9-6-18-12-25-29(3)14-18/h6-9,11-14,19H,4-5,10,15H2,1-3H3,(H,26,27,28)/b9-6+. The molecule has 0 saturated carbocycles. The summed E-state index contributed by atoms with van der Waals surface area (Å²) < 4.78 is 1.72. The van der Waals surface area contributed by atoms with Gasteiger partial charge in [-0.3, -0.25) is 14.5 Å². The number of piperidine rings is 1. The minimum Gasteiger partial charge on any atom is -0.338 e. The van der Waals surface area contributed by atoms with Gasteiger partial charge in [0.2, 0.25) is 11.9 Å². The van der Waals surface area contributed by atoms with Crippen LogP contribution < -0.4 is 5.32 Å². The van der Waals surface area contributed by atoms with E-state index in [0.29, 0.717) is 12.5 Å². The summed E-state index contributed by atoms with van der Waals surface area (Å²) in [7, 11) is 1.86. The number of carbonyl (C=O) groups excluding carboxylic acids is 1. The van der Waals surface area contributed by atoms with Crippen molar-refractivity contribution in [2.45, 2.75) is 32.6 Å². The normalized spacial score (nSPS) is 16.6. The Hall–Kier alpha value is -3.55. The minimum absolute atomic E-state index is 0.0267. The summed E-state index contributed by atoms with van der Waals surface area (Å²) in [6, 6.07) is 5.95. The van der Waals surface area contributed by atoms with Crippen LogP contribution in [-0.2, 0) is 11.8 Å². The number of nitrogens with one attached hydrogen (secondary N) is 1. The molecule has 160 valence electrons. The molecule has 8 heteroatoms. The number of anilines is 2. The van der Waals surface area contributed by atoms with Crippen molar-refractivity contribution in [3.05, 3.63) is 65.5 Å². The highest BCUT2D eigenvalue weighted by atomic mass is 16.2. The maximum absolute atomic E-state index is 12.6. The molecule has 31 heavy (non-hydrogen) atoms. The number of carbonyl (C=O) groups is 1. The minimum atomic E-state index is 0.0267. The van der Waals surface area contributed by atoms with Crippen LogP contribution >= 0.6 is 0 Å². The van der Waals surface area contributed by atoms with Crippen molar-refractivity contribution in [1.82, 2.24) is 29.6 Å². The fourth-order valence-corrected chi connectivity index (χ4v) is 3.85. The number of rotatable bonds is 5. The molecule has 0 aromatic carbocycles. The molecule has 0 radical (unpaired) electrons. The van der Waals surface area contributed by atoms with Crippen molar-refractivity contribution in [1.29, 1.82) is 0 Å². The van der Waals surface area contributed by atoms with Gasteiger partial charge in [-0.1, -0.05) is 0 Å². The van der Waals surface area contributed by atoms with Crippen molar-refractivity contribution in [3.8, 4) is 0 Å². The van der Waals surface area contributed by atoms with Gasteiger partial charge in [0, 0.05) is 61.0 Å². The molecule has 4 rings (SSSR count). The molecule has 1 aliphatic heterocycles. The number of amides is 1. The number of aryl methyl sites for hydroxylation is 3. The Balaban J connectivity index is 1.38. The van der Waals surface area contributed by atoms with Gasteiger partial charge in [0.1, 0.15) is 0 Å². The summed E-state index contributed by atoms with van der Waals surface area (Å²) in [6.45, 7) is 5.35. The first-order valence-electron chi connectivity index (χ1n) is 10.5. The van der Waals surface area contributed by atoms with E-state index < -0.39 is 0 Å². The van der Waals surface area contributed by atoms with Crippen molar-refractivity contribution in [2.24, 2.45) is 7.05 Å². The third-order valence-electron chi connectivity index (χ3n) is 5.32. The average molecular weight is 418 g/mol. The van der Waals surface area contributed by atoms with Gasteiger partial charge in [0.05, 0.1) is 18.1 Å². The largest absolute Gasteiger partial charge is 0.338 e. The molecule has 0 bridgehead atoms. The van der Waals surface area contributed by atoms with E-state index in [1.807, 2.05) is 56.3 Å². The maximum Gasteiger partial charge on any atom is 0.246 e. The number of aromatic nitrogens is 5. The number of likely N-dealkylation sites (tertiary alicyclic amines) is 1. The molecule has 1 unspecified atom stereocenters. The van der Waals surface area contributed by atoms with Crippen molar-refractivity contribution in [3.63, 3.8) is 0 Å². The zero-order chi connectivity index (χ0) is 21.8. The summed E-state index contributed by atoms with van der Waals surface area (Å²) in [4.78, 5) is 28.0. The monoisotopic (exact) mass is 417 g/mol. The van der Waals surface area contributed by atoms with Gasteiger partial charge in [-0.05, 0) is 51.0 Å². The Morgan fingerprint density at radius 2 is 2.00 bits per heavy atom. The van der Waals surface area contributed by atoms with E-state index >= 15 is 0 Å². The summed E-state index contributed by atoms with van der Waals surface area (Å²) >= 11 is 0. The van der Waals surface area contributed by atoms with Gasteiger partial charge in [-0.2, -0.15) is 5.10 Å². The smallest absolute Gasteiger partial charge is 0.246 e. The van der Waals surface area contributed by atoms with Gasteiger partial charge < -0.3 is 10.2 Å². The lowest BCUT2D eigenvalue weighted by Gasteiger charge is -2.31. The molecule has 0 aliphatic carbocycles. The topological polar surface area (TPSA) is 88.8 Å². The van der Waals surface area contributed by atoms with Crippen LogP contribution in [0.5, 0.6) is 0 Å². The second kappa shape index (κ2) is 9.07. The van der Waals surface area contributed by atoms with Crippen molar-refractivity contribution in [2.75, 3.05) is 18.4 Å². The van der Waals surface area contributed by atoms with E-state index in [9.17, 15) is 4.79 Å². The highest BCUT2D eigenvalue weighted by Gasteiger charge is 2.24. The quantitative estimate of drug-likeness (QED) is 0.640. The molecule has 1 N–H and O–H groups in total. The Morgan fingerprint density at radius 3 is 2.68 bits per heavy atom. The molecule has 3 aromatic heterocycles. The maximum atomic E-state index is 12.6. The summed E-state index contributed by atoms with van der Waals surface area (Å²) in [5, 5.41) is 7.33. The van der Waals surface area contributed by atoms with E-state index in [0.717, 1.165) is 47.7 Å². The predicted octanol–water partition coefficient (Wildman–Crippen LogP) is 3.38. The Bertz CT molecular complexity index is 1070. The van der Waals surface area contributed by atoms with Gasteiger partial charge in [-0.25, -0.2) is 9.97 Å².